The second kappa shape index (κ2) is 4.29. The summed E-state index contributed by atoms with van der Waals surface area (Å²) in [6.07, 6.45) is 0. The average molecular weight is 247 g/mol. The summed E-state index contributed by atoms with van der Waals surface area (Å²) in [5, 5.41) is 0. The fourth-order valence-electron chi connectivity index (χ4n) is 1.09. The van der Waals surface area contributed by atoms with Gasteiger partial charge >= 0.3 is 0 Å². The van der Waals surface area contributed by atoms with E-state index in [1.54, 1.807) is 0 Å². The van der Waals surface area contributed by atoms with Crippen molar-refractivity contribution in [1.29, 1.82) is 0 Å². The van der Waals surface area contributed by atoms with Crippen molar-refractivity contribution in [2.75, 3.05) is 5.88 Å². The predicted octanol–water partition coefficient (Wildman–Crippen LogP) is 3.91. The minimum atomic E-state index is 0.183. The van der Waals surface area contributed by atoms with Crippen LogP contribution in [-0.2, 0) is 0 Å². The Bertz CT molecular complexity index is 250. The highest BCUT2D eigenvalue weighted by atomic mass is 79.9. The molecule has 1 aromatic rings. The minimum Gasteiger partial charge on any atom is -0.126 e. The lowest BCUT2D eigenvalue weighted by Gasteiger charge is -2.08. The summed E-state index contributed by atoms with van der Waals surface area (Å²) in [6.45, 7) is 6.02. The number of alkyl halides is 1. The van der Waals surface area contributed by atoms with Crippen LogP contribution < -0.4 is 0 Å². The Morgan fingerprint density at radius 1 is 1.50 bits per heavy atom. The molecule has 0 saturated carbocycles. The number of benzene rings is 1. The lowest BCUT2D eigenvalue weighted by molar-refractivity contribution is 0.969. The van der Waals surface area contributed by atoms with E-state index in [1.165, 1.54) is 11.1 Å². The normalized spacial score (nSPS) is 13.0. The summed E-state index contributed by atoms with van der Waals surface area (Å²) in [4.78, 5) is 0. The molecule has 2 heteroatoms. The van der Waals surface area contributed by atoms with Crippen LogP contribution in [0, 0.1) is 13.8 Å². The second-order valence-corrected chi connectivity index (χ2v) is 4.14. The van der Waals surface area contributed by atoms with Crippen molar-refractivity contribution in [2.24, 2.45) is 0 Å². The molecule has 0 saturated heterocycles. The van der Waals surface area contributed by atoms with Crippen LogP contribution in [0.4, 0.5) is 0 Å². The van der Waals surface area contributed by atoms with Crippen molar-refractivity contribution in [3.05, 3.63) is 40.7 Å². The van der Waals surface area contributed by atoms with Crippen LogP contribution in [0.2, 0.25) is 0 Å². The summed E-state index contributed by atoms with van der Waals surface area (Å²) < 4.78 is 1.09. The standard InChI is InChI=1S/C10H11BrCl/c1-7-3-9(8(2)6-12)5-10(11)4-7/h3-5,8H,2,6H2,1H3. The summed E-state index contributed by atoms with van der Waals surface area (Å²) in [5.41, 5.74) is 2.43. The number of halogens is 2. The van der Waals surface area contributed by atoms with Crippen LogP contribution in [0.3, 0.4) is 0 Å². The van der Waals surface area contributed by atoms with Gasteiger partial charge in [-0.3, -0.25) is 0 Å². The van der Waals surface area contributed by atoms with E-state index in [2.05, 4.69) is 48.0 Å². The summed E-state index contributed by atoms with van der Waals surface area (Å²) in [6, 6.07) is 6.25. The van der Waals surface area contributed by atoms with Gasteiger partial charge in [-0.2, -0.15) is 0 Å². The molecule has 0 amide bonds. The highest BCUT2D eigenvalue weighted by molar-refractivity contribution is 9.10. The first-order chi connectivity index (χ1) is 5.63. The molecule has 65 valence electrons. The summed E-state index contributed by atoms with van der Waals surface area (Å²) >= 11 is 9.15. The van der Waals surface area contributed by atoms with Gasteiger partial charge in [0.1, 0.15) is 0 Å². The van der Waals surface area contributed by atoms with E-state index in [0.29, 0.717) is 5.88 Å². The molecule has 0 heterocycles. The lowest BCUT2D eigenvalue weighted by Crippen LogP contribution is -1.95. The number of rotatable bonds is 2. The van der Waals surface area contributed by atoms with E-state index < -0.39 is 0 Å². The maximum atomic E-state index is 5.71. The summed E-state index contributed by atoms with van der Waals surface area (Å²) in [5.74, 6) is 0.749. The van der Waals surface area contributed by atoms with Crippen LogP contribution in [0.1, 0.15) is 17.0 Å². The van der Waals surface area contributed by atoms with E-state index in [9.17, 15) is 0 Å². The van der Waals surface area contributed by atoms with Gasteiger partial charge in [-0.25, -0.2) is 0 Å². The van der Waals surface area contributed by atoms with Crippen LogP contribution >= 0.6 is 27.5 Å². The van der Waals surface area contributed by atoms with Crippen molar-refractivity contribution in [2.45, 2.75) is 12.8 Å². The summed E-state index contributed by atoms with van der Waals surface area (Å²) in [7, 11) is 0. The van der Waals surface area contributed by atoms with Gasteiger partial charge in [-0.15, -0.1) is 11.6 Å². The Labute approximate surface area is 87.1 Å². The smallest absolute Gasteiger partial charge is 0.0292 e. The molecule has 0 nitrogen and oxygen atoms in total. The zero-order chi connectivity index (χ0) is 9.14. The Kier molecular flexibility index (Phi) is 3.60. The van der Waals surface area contributed by atoms with Crippen LogP contribution in [0.5, 0.6) is 0 Å². The van der Waals surface area contributed by atoms with Gasteiger partial charge in [0, 0.05) is 10.4 Å². The van der Waals surface area contributed by atoms with E-state index >= 15 is 0 Å². The zero-order valence-corrected chi connectivity index (χ0v) is 9.32. The highest BCUT2D eigenvalue weighted by Crippen LogP contribution is 2.22. The second-order valence-electron chi connectivity index (χ2n) is 2.91. The number of hydrogen-bond donors (Lipinski definition) is 0. The first-order valence-corrected chi connectivity index (χ1v) is 5.12. The molecule has 0 spiro atoms. The molecular weight excluding hydrogens is 235 g/mol. The van der Waals surface area contributed by atoms with Crippen molar-refractivity contribution >= 4 is 27.5 Å². The molecule has 12 heavy (non-hydrogen) atoms. The quantitative estimate of drug-likeness (QED) is 0.694. The molecular formula is C10H11BrCl. The van der Waals surface area contributed by atoms with E-state index in [1.807, 2.05) is 0 Å². The van der Waals surface area contributed by atoms with Gasteiger partial charge in [0.2, 0.25) is 0 Å². The van der Waals surface area contributed by atoms with Gasteiger partial charge in [0.25, 0.3) is 0 Å². The van der Waals surface area contributed by atoms with Crippen LogP contribution in [0.15, 0.2) is 22.7 Å². The van der Waals surface area contributed by atoms with Crippen molar-refractivity contribution in [3.63, 3.8) is 0 Å². The fourth-order valence-corrected chi connectivity index (χ4v) is 1.89. The van der Waals surface area contributed by atoms with E-state index in [-0.39, 0.29) is 5.92 Å². The Morgan fingerprint density at radius 3 is 2.67 bits per heavy atom. The third-order valence-electron chi connectivity index (χ3n) is 1.72. The Balaban J connectivity index is 3.00. The SMILES string of the molecule is [CH2]C(CCl)c1cc(C)cc(Br)c1. The van der Waals surface area contributed by atoms with Crippen molar-refractivity contribution in [1.82, 2.24) is 0 Å². The molecule has 0 fully saturated rings. The molecule has 0 aliphatic rings. The molecule has 0 aliphatic carbocycles. The fraction of sp³-hybridized carbons (Fsp3) is 0.300. The molecule has 1 atom stereocenters. The van der Waals surface area contributed by atoms with E-state index in [0.717, 1.165) is 4.47 Å². The maximum absolute atomic E-state index is 5.71. The van der Waals surface area contributed by atoms with Gasteiger partial charge in [0.15, 0.2) is 0 Å². The first kappa shape index (κ1) is 10.1. The lowest BCUT2D eigenvalue weighted by atomic mass is 10.0. The van der Waals surface area contributed by atoms with Gasteiger partial charge < -0.3 is 0 Å². The number of hydrogen-bond acceptors (Lipinski definition) is 0. The van der Waals surface area contributed by atoms with Gasteiger partial charge in [-0.1, -0.05) is 22.0 Å². The van der Waals surface area contributed by atoms with Gasteiger partial charge in [0.05, 0.1) is 0 Å². The highest BCUT2D eigenvalue weighted by Gasteiger charge is 2.04. The molecule has 0 aliphatic heterocycles. The van der Waals surface area contributed by atoms with E-state index in [4.69, 9.17) is 11.6 Å². The first-order valence-electron chi connectivity index (χ1n) is 3.79. The monoisotopic (exact) mass is 245 g/mol. The zero-order valence-electron chi connectivity index (χ0n) is 6.98. The molecule has 0 bridgehead atoms. The van der Waals surface area contributed by atoms with Crippen LogP contribution in [-0.4, -0.2) is 5.88 Å². The third kappa shape index (κ3) is 2.49. The number of aryl methyl sites for hydroxylation is 1. The topological polar surface area (TPSA) is 0 Å². The Hall–Kier alpha value is -0.0100. The van der Waals surface area contributed by atoms with Gasteiger partial charge in [-0.05, 0) is 43.0 Å². The van der Waals surface area contributed by atoms with Crippen molar-refractivity contribution < 1.29 is 0 Å². The molecule has 0 aromatic heterocycles. The largest absolute Gasteiger partial charge is 0.126 e. The molecule has 1 aromatic carbocycles. The molecule has 0 N–H and O–H groups in total. The minimum absolute atomic E-state index is 0.183. The average Bonchev–Trinajstić information content (AvgIpc) is 2.01. The predicted molar refractivity (Wildman–Crippen MR) is 57.7 cm³/mol. The van der Waals surface area contributed by atoms with Crippen LogP contribution in [0.25, 0.3) is 0 Å². The molecule has 1 unspecified atom stereocenters. The Morgan fingerprint density at radius 2 is 2.17 bits per heavy atom. The van der Waals surface area contributed by atoms with Crippen molar-refractivity contribution in [3.8, 4) is 0 Å². The third-order valence-corrected chi connectivity index (χ3v) is 2.55. The molecule has 1 radical (unpaired) electrons. The maximum Gasteiger partial charge on any atom is 0.0292 e. The molecule has 1 rings (SSSR count).